The molecule has 0 heterocycles. The van der Waals surface area contributed by atoms with E-state index >= 15 is 0 Å². The second-order valence-corrected chi connectivity index (χ2v) is 5.89. The molecule has 1 unspecified atom stereocenters. The predicted octanol–water partition coefficient (Wildman–Crippen LogP) is 0.0215. The van der Waals surface area contributed by atoms with Gasteiger partial charge in [-0.15, -0.1) is 0 Å². The Balaban J connectivity index is 2.72. The first-order valence-electron chi connectivity index (χ1n) is 5.71. The summed E-state index contributed by atoms with van der Waals surface area (Å²) in [5.74, 6) is -0.328. The second-order valence-electron chi connectivity index (χ2n) is 4.14. The minimum Gasteiger partial charge on any atom is -0.395 e. The molecule has 0 saturated heterocycles. The lowest BCUT2D eigenvalue weighted by Crippen LogP contribution is -2.41. The molecule has 1 rings (SSSR count). The van der Waals surface area contributed by atoms with Gasteiger partial charge in [0.25, 0.3) is 5.69 Å². The van der Waals surface area contributed by atoms with Crippen molar-refractivity contribution in [1.82, 2.24) is 4.72 Å². The summed E-state index contributed by atoms with van der Waals surface area (Å²) in [7, 11) is -2.26. The van der Waals surface area contributed by atoms with E-state index in [4.69, 9.17) is 9.84 Å². The molecule has 0 radical (unpaired) electrons. The van der Waals surface area contributed by atoms with Crippen molar-refractivity contribution in [3.63, 3.8) is 0 Å². The van der Waals surface area contributed by atoms with Gasteiger partial charge in [0.15, 0.2) is 0 Å². The Bertz CT molecular complexity index is 543. The summed E-state index contributed by atoms with van der Waals surface area (Å²) in [6, 6.07) is 4.51. The smallest absolute Gasteiger partial charge is 0.269 e. The van der Waals surface area contributed by atoms with Gasteiger partial charge in [-0.25, -0.2) is 13.1 Å². The lowest BCUT2D eigenvalue weighted by Gasteiger charge is -2.15. The Morgan fingerprint density at radius 2 is 2.00 bits per heavy atom. The molecule has 0 aliphatic rings. The average molecular weight is 304 g/mol. The van der Waals surface area contributed by atoms with Crippen LogP contribution in [0.1, 0.15) is 5.56 Å². The zero-order chi connectivity index (χ0) is 15.2. The quantitative estimate of drug-likeness (QED) is 0.516. The van der Waals surface area contributed by atoms with Gasteiger partial charge >= 0.3 is 0 Å². The Morgan fingerprint density at radius 1 is 1.40 bits per heavy atom. The number of aliphatic hydroxyl groups is 1. The van der Waals surface area contributed by atoms with Gasteiger partial charge in [-0.2, -0.15) is 0 Å². The fourth-order valence-corrected chi connectivity index (χ4v) is 2.92. The number of nitro groups is 1. The standard InChI is InChI=1S/C11H16N2O6S/c1-19-7-10(6-14)12-20(17,18)8-9-2-4-11(5-3-9)13(15)16/h2-5,10,12,14H,6-8H2,1H3. The molecule has 1 aromatic carbocycles. The van der Waals surface area contributed by atoms with Crippen LogP contribution in [-0.2, 0) is 20.5 Å². The van der Waals surface area contributed by atoms with Crippen LogP contribution in [0.15, 0.2) is 24.3 Å². The van der Waals surface area contributed by atoms with E-state index in [2.05, 4.69) is 4.72 Å². The molecular weight excluding hydrogens is 288 g/mol. The summed E-state index contributed by atoms with van der Waals surface area (Å²) in [5.41, 5.74) is 0.309. The summed E-state index contributed by atoms with van der Waals surface area (Å²) in [6.45, 7) is -0.330. The van der Waals surface area contributed by atoms with Crippen molar-refractivity contribution in [3.8, 4) is 0 Å². The van der Waals surface area contributed by atoms with Gasteiger partial charge in [0.05, 0.1) is 29.9 Å². The fraction of sp³-hybridized carbons (Fsp3) is 0.455. The Labute approximate surface area is 116 Å². The van der Waals surface area contributed by atoms with Crippen molar-refractivity contribution < 1.29 is 23.2 Å². The van der Waals surface area contributed by atoms with Crippen LogP contribution in [0.3, 0.4) is 0 Å². The minimum absolute atomic E-state index is 0.0516. The van der Waals surface area contributed by atoms with Crippen molar-refractivity contribution in [2.75, 3.05) is 20.3 Å². The molecule has 0 aliphatic heterocycles. The molecule has 0 saturated carbocycles. The SMILES string of the molecule is COCC(CO)NS(=O)(=O)Cc1ccc([N+](=O)[O-])cc1. The highest BCUT2D eigenvalue weighted by Gasteiger charge is 2.18. The van der Waals surface area contributed by atoms with Crippen LogP contribution in [0.2, 0.25) is 0 Å². The molecule has 1 aromatic rings. The van der Waals surface area contributed by atoms with Gasteiger partial charge in [-0.05, 0) is 5.56 Å². The number of aliphatic hydroxyl groups excluding tert-OH is 1. The number of rotatable bonds is 8. The van der Waals surface area contributed by atoms with Crippen molar-refractivity contribution in [1.29, 1.82) is 0 Å². The number of ether oxygens (including phenoxy) is 1. The highest BCUT2D eigenvalue weighted by Crippen LogP contribution is 2.13. The predicted molar refractivity (Wildman–Crippen MR) is 71.6 cm³/mol. The molecule has 2 N–H and O–H groups in total. The van der Waals surface area contributed by atoms with Crippen LogP contribution in [-0.4, -0.2) is 44.8 Å². The third-order valence-corrected chi connectivity index (χ3v) is 3.84. The van der Waals surface area contributed by atoms with Gasteiger partial charge < -0.3 is 9.84 Å². The number of hydrogen-bond donors (Lipinski definition) is 2. The van der Waals surface area contributed by atoms with E-state index < -0.39 is 21.0 Å². The maximum Gasteiger partial charge on any atom is 0.269 e. The van der Waals surface area contributed by atoms with E-state index in [9.17, 15) is 18.5 Å². The third-order valence-electron chi connectivity index (χ3n) is 2.44. The summed E-state index contributed by atoms with van der Waals surface area (Å²) < 4.78 is 30.8. The summed E-state index contributed by atoms with van der Waals surface area (Å²) in [6.07, 6.45) is 0. The summed E-state index contributed by atoms with van der Waals surface area (Å²) in [4.78, 5) is 9.93. The molecule has 1 atom stereocenters. The molecule has 0 aromatic heterocycles. The van der Waals surface area contributed by atoms with Crippen LogP contribution in [0.5, 0.6) is 0 Å². The van der Waals surface area contributed by atoms with Crippen molar-refractivity contribution >= 4 is 15.7 Å². The highest BCUT2D eigenvalue weighted by atomic mass is 32.2. The van der Waals surface area contributed by atoms with Gasteiger partial charge in [-0.3, -0.25) is 10.1 Å². The number of nitrogens with zero attached hydrogens (tertiary/aromatic N) is 1. The van der Waals surface area contributed by atoms with Crippen LogP contribution >= 0.6 is 0 Å². The maximum atomic E-state index is 11.9. The number of benzene rings is 1. The molecule has 0 spiro atoms. The van der Waals surface area contributed by atoms with Gasteiger partial charge in [0.2, 0.25) is 10.0 Å². The van der Waals surface area contributed by atoms with E-state index in [0.29, 0.717) is 5.56 Å². The Hall–Kier alpha value is -1.55. The zero-order valence-corrected chi connectivity index (χ0v) is 11.7. The van der Waals surface area contributed by atoms with E-state index in [1.54, 1.807) is 0 Å². The van der Waals surface area contributed by atoms with Crippen LogP contribution < -0.4 is 4.72 Å². The van der Waals surface area contributed by atoms with E-state index in [-0.39, 0.29) is 24.7 Å². The lowest BCUT2D eigenvalue weighted by molar-refractivity contribution is -0.384. The van der Waals surface area contributed by atoms with E-state index in [1.165, 1.54) is 31.4 Å². The second kappa shape index (κ2) is 7.29. The van der Waals surface area contributed by atoms with Crippen molar-refractivity contribution in [3.05, 3.63) is 39.9 Å². The Kier molecular flexibility index (Phi) is 6.02. The summed E-state index contributed by atoms with van der Waals surface area (Å²) >= 11 is 0. The molecule has 112 valence electrons. The number of nitrogens with one attached hydrogen (secondary N) is 1. The minimum atomic E-state index is -3.66. The van der Waals surface area contributed by atoms with E-state index in [0.717, 1.165) is 0 Å². The van der Waals surface area contributed by atoms with Gasteiger partial charge in [-0.1, -0.05) is 12.1 Å². The number of nitro benzene ring substituents is 1. The number of methoxy groups -OCH3 is 1. The van der Waals surface area contributed by atoms with E-state index in [1.807, 2.05) is 0 Å². The molecule has 0 bridgehead atoms. The maximum absolute atomic E-state index is 11.9. The van der Waals surface area contributed by atoms with Crippen molar-refractivity contribution in [2.45, 2.75) is 11.8 Å². The van der Waals surface area contributed by atoms with Crippen LogP contribution in [0.4, 0.5) is 5.69 Å². The number of sulfonamides is 1. The molecule has 20 heavy (non-hydrogen) atoms. The van der Waals surface area contributed by atoms with Crippen molar-refractivity contribution in [2.24, 2.45) is 0 Å². The number of hydrogen-bond acceptors (Lipinski definition) is 6. The molecular formula is C11H16N2O6S. The zero-order valence-electron chi connectivity index (χ0n) is 10.9. The first kappa shape index (κ1) is 16.5. The average Bonchev–Trinajstić information content (AvgIpc) is 2.38. The topological polar surface area (TPSA) is 119 Å². The summed E-state index contributed by atoms with van der Waals surface area (Å²) in [5, 5.41) is 19.5. The first-order chi connectivity index (χ1) is 9.38. The molecule has 8 nitrogen and oxygen atoms in total. The monoisotopic (exact) mass is 304 g/mol. The number of non-ortho nitro benzene ring substituents is 1. The fourth-order valence-electron chi connectivity index (χ4n) is 1.55. The Morgan fingerprint density at radius 3 is 2.45 bits per heavy atom. The molecule has 9 heteroatoms. The third kappa shape index (κ3) is 5.21. The first-order valence-corrected chi connectivity index (χ1v) is 7.36. The van der Waals surface area contributed by atoms with Crippen LogP contribution in [0, 0.1) is 10.1 Å². The van der Waals surface area contributed by atoms with Gasteiger partial charge in [0, 0.05) is 19.2 Å². The molecule has 0 amide bonds. The molecule has 0 aliphatic carbocycles. The normalized spacial score (nSPS) is 13.1. The van der Waals surface area contributed by atoms with Gasteiger partial charge in [0.1, 0.15) is 0 Å². The lowest BCUT2D eigenvalue weighted by atomic mass is 10.2. The largest absolute Gasteiger partial charge is 0.395 e. The molecule has 0 fully saturated rings. The highest BCUT2D eigenvalue weighted by molar-refractivity contribution is 7.88. The van der Waals surface area contributed by atoms with Crippen LogP contribution in [0.25, 0.3) is 0 Å².